The Kier molecular flexibility index (Phi) is 3.86. The third-order valence-corrected chi connectivity index (χ3v) is 3.63. The highest BCUT2D eigenvalue weighted by Gasteiger charge is 2.40. The van der Waals surface area contributed by atoms with Crippen molar-refractivity contribution in [1.29, 1.82) is 0 Å². The molecule has 66 valence electrons. The molecule has 0 unspecified atom stereocenters. The highest BCUT2D eigenvalue weighted by molar-refractivity contribution is 9.09. The molecule has 1 saturated carbocycles. The Balaban J connectivity index is 1.94. The van der Waals surface area contributed by atoms with Gasteiger partial charge in [0, 0.05) is 18.5 Å². The summed E-state index contributed by atoms with van der Waals surface area (Å²) in [7, 11) is 0. The lowest BCUT2D eigenvalue weighted by Crippen LogP contribution is -2.04. The first-order chi connectivity index (χ1) is 5.33. The van der Waals surface area contributed by atoms with E-state index in [1.54, 1.807) is 0 Å². The molecule has 0 bridgehead atoms. The Bertz CT molecular complexity index is 110. The minimum absolute atomic E-state index is 0.678. The van der Waals surface area contributed by atoms with E-state index in [2.05, 4.69) is 22.9 Å². The van der Waals surface area contributed by atoms with Gasteiger partial charge in [-0.05, 0) is 38.0 Å². The van der Waals surface area contributed by atoms with Gasteiger partial charge in [0.15, 0.2) is 0 Å². The molecule has 0 spiro atoms. The van der Waals surface area contributed by atoms with Crippen LogP contribution in [0.5, 0.6) is 0 Å². The molecular weight excluding hydrogens is 204 g/mol. The quantitative estimate of drug-likeness (QED) is 0.495. The molecule has 1 aliphatic rings. The lowest BCUT2D eigenvalue weighted by molar-refractivity contribution is 0.139. The zero-order chi connectivity index (χ0) is 8.16. The van der Waals surface area contributed by atoms with E-state index in [4.69, 9.17) is 4.74 Å². The van der Waals surface area contributed by atoms with Gasteiger partial charge in [-0.3, -0.25) is 0 Å². The summed E-state index contributed by atoms with van der Waals surface area (Å²) in [6.45, 7) is 3.87. The summed E-state index contributed by atoms with van der Waals surface area (Å²) in [6.07, 6.45) is 5.42. The Morgan fingerprint density at radius 3 is 2.64 bits per heavy atom. The third kappa shape index (κ3) is 3.12. The molecule has 2 heteroatoms. The molecule has 0 heterocycles. The molecule has 0 N–H and O–H groups in total. The van der Waals surface area contributed by atoms with Crippen molar-refractivity contribution >= 4 is 15.9 Å². The zero-order valence-corrected chi connectivity index (χ0v) is 8.82. The molecule has 1 nitrogen and oxygen atoms in total. The summed E-state index contributed by atoms with van der Waals surface area (Å²) in [4.78, 5) is 0. The van der Waals surface area contributed by atoms with Gasteiger partial charge in [0.1, 0.15) is 0 Å². The van der Waals surface area contributed by atoms with Crippen molar-refractivity contribution in [2.75, 3.05) is 18.5 Å². The van der Waals surface area contributed by atoms with Gasteiger partial charge in [0.05, 0.1) is 0 Å². The molecule has 1 rings (SSSR count). The van der Waals surface area contributed by atoms with Crippen LogP contribution in [0.15, 0.2) is 0 Å². The van der Waals surface area contributed by atoms with E-state index < -0.39 is 0 Å². The number of ether oxygens (including phenoxy) is 1. The number of hydrogen-bond donors (Lipinski definition) is 0. The van der Waals surface area contributed by atoms with Crippen molar-refractivity contribution in [1.82, 2.24) is 0 Å². The molecule has 0 aromatic heterocycles. The van der Waals surface area contributed by atoms with E-state index in [0.717, 1.165) is 13.2 Å². The molecule has 0 radical (unpaired) electrons. The normalized spacial score (nSPS) is 20.2. The standard InChI is InChI=1S/C9H17BrO/c1-2-11-7-3-4-9(8-10)5-6-9/h2-8H2,1H3. The summed E-state index contributed by atoms with van der Waals surface area (Å²) in [5.41, 5.74) is 0.678. The maximum absolute atomic E-state index is 5.29. The average Bonchev–Trinajstić information content (AvgIpc) is 2.80. The summed E-state index contributed by atoms with van der Waals surface area (Å²) in [6, 6.07) is 0. The van der Waals surface area contributed by atoms with Gasteiger partial charge < -0.3 is 4.74 Å². The molecule has 11 heavy (non-hydrogen) atoms. The topological polar surface area (TPSA) is 9.23 Å². The zero-order valence-electron chi connectivity index (χ0n) is 7.24. The molecule has 0 atom stereocenters. The van der Waals surface area contributed by atoms with Crippen LogP contribution in [0.3, 0.4) is 0 Å². The first-order valence-electron chi connectivity index (χ1n) is 4.47. The van der Waals surface area contributed by atoms with Crippen molar-refractivity contribution in [3.63, 3.8) is 0 Å². The Labute approximate surface area is 77.6 Å². The fourth-order valence-corrected chi connectivity index (χ4v) is 2.16. The van der Waals surface area contributed by atoms with Crippen LogP contribution in [-0.4, -0.2) is 18.5 Å². The number of rotatable bonds is 6. The van der Waals surface area contributed by atoms with E-state index in [0.29, 0.717) is 5.41 Å². The third-order valence-electron chi connectivity index (χ3n) is 2.44. The predicted octanol–water partition coefficient (Wildman–Crippen LogP) is 2.98. The van der Waals surface area contributed by atoms with Gasteiger partial charge in [-0.2, -0.15) is 0 Å². The fourth-order valence-electron chi connectivity index (χ4n) is 1.32. The second-order valence-corrected chi connectivity index (χ2v) is 3.99. The van der Waals surface area contributed by atoms with Crippen LogP contribution in [0.25, 0.3) is 0 Å². The lowest BCUT2D eigenvalue weighted by atomic mass is 10.0. The van der Waals surface area contributed by atoms with E-state index in [1.807, 2.05) is 0 Å². The Morgan fingerprint density at radius 2 is 2.18 bits per heavy atom. The summed E-state index contributed by atoms with van der Waals surface area (Å²) < 4.78 is 5.29. The van der Waals surface area contributed by atoms with Crippen molar-refractivity contribution in [3.8, 4) is 0 Å². The average molecular weight is 221 g/mol. The molecule has 1 aliphatic carbocycles. The minimum atomic E-state index is 0.678. The van der Waals surface area contributed by atoms with Crippen LogP contribution >= 0.6 is 15.9 Å². The van der Waals surface area contributed by atoms with E-state index in [9.17, 15) is 0 Å². The SMILES string of the molecule is CCOCCCC1(CBr)CC1. The number of alkyl halides is 1. The molecular formula is C9H17BrO. The van der Waals surface area contributed by atoms with Gasteiger partial charge in [-0.1, -0.05) is 15.9 Å². The molecule has 0 amide bonds. The van der Waals surface area contributed by atoms with Gasteiger partial charge in [0.2, 0.25) is 0 Å². The smallest absolute Gasteiger partial charge is 0.0466 e. The molecule has 0 aromatic carbocycles. The van der Waals surface area contributed by atoms with Crippen LogP contribution in [-0.2, 0) is 4.74 Å². The van der Waals surface area contributed by atoms with Gasteiger partial charge in [0.25, 0.3) is 0 Å². The van der Waals surface area contributed by atoms with Crippen molar-refractivity contribution in [2.24, 2.45) is 5.41 Å². The van der Waals surface area contributed by atoms with E-state index in [1.165, 1.54) is 31.0 Å². The van der Waals surface area contributed by atoms with E-state index in [-0.39, 0.29) is 0 Å². The second-order valence-electron chi connectivity index (χ2n) is 3.43. The number of hydrogen-bond acceptors (Lipinski definition) is 1. The highest BCUT2D eigenvalue weighted by Crippen LogP contribution is 2.50. The van der Waals surface area contributed by atoms with Crippen molar-refractivity contribution in [2.45, 2.75) is 32.6 Å². The number of halogens is 1. The maximum atomic E-state index is 5.29. The van der Waals surface area contributed by atoms with Crippen LogP contribution < -0.4 is 0 Å². The monoisotopic (exact) mass is 220 g/mol. The molecule has 0 aliphatic heterocycles. The fraction of sp³-hybridized carbons (Fsp3) is 1.00. The second kappa shape index (κ2) is 4.46. The Hall–Kier alpha value is 0.440. The van der Waals surface area contributed by atoms with Crippen LogP contribution in [0.2, 0.25) is 0 Å². The lowest BCUT2D eigenvalue weighted by Gasteiger charge is -2.09. The van der Waals surface area contributed by atoms with Crippen LogP contribution in [0.1, 0.15) is 32.6 Å². The summed E-state index contributed by atoms with van der Waals surface area (Å²) in [5.74, 6) is 0. The van der Waals surface area contributed by atoms with Crippen molar-refractivity contribution < 1.29 is 4.74 Å². The minimum Gasteiger partial charge on any atom is -0.382 e. The van der Waals surface area contributed by atoms with Gasteiger partial charge >= 0.3 is 0 Å². The Morgan fingerprint density at radius 1 is 1.45 bits per heavy atom. The summed E-state index contributed by atoms with van der Waals surface area (Å²) >= 11 is 3.56. The predicted molar refractivity (Wildman–Crippen MR) is 51.2 cm³/mol. The molecule has 0 saturated heterocycles. The van der Waals surface area contributed by atoms with Crippen molar-refractivity contribution in [3.05, 3.63) is 0 Å². The first kappa shape index (κ1) is 9.53. The van der Waals surface area contributed by atoms with E-state index >= 15 is 0 Å². The molecule has 1 fully saturated rings. The first-order valence-corrected chi connectivity index (χ1v) is 5.59. The van der Waals surface area contributed by atoms with Gasteiger partial charge in [-0.25, -0.2) is 0 Å². The van der Waals surface area contributed by atoms with Crippen LogP contribution in [0.4, 0.5) is 0 Å². The maximum Gasteiger partial charge on any atom is 0.0466 e. The largest absolute Gasteiger partial charge is 0.382 e. The summed E-state index contributed by atoms with van der Waals surface area (Å²) in [5, 5.41) is 1.19. The van der Waals surface area contributed by atoms with Crippen LogP contribution in [0, 0.1) is 5.41 Å². The molecule has 0 aromatic rings. The van der Waals surface area contributed by atoms with Gasteiger partial charge in [-0.15, -0.1) is 0 Å². The highest BCUT2D eigenvalue weighted by atomic mass is 79.9.